The van der Waals surface area contributed by atoms with Gasteiger partial charge >= 0.3 is 33.3 Å². The lowest BCUT2D eigenvalue weighted by molar-refractivity contribution is -0.169. The number of carbonyl (C=O) groups is 3. The van der Waals surface area contributed by atoms with Gasteiger partial charge in [0.15, 0.2) is 6.61 Å². The summed E-state index contributed by atoms with van der Waals surface area (Å²) in [5.41, 5.74) is 0. The van der Waals surface area contributed by atoms with Gasteiger partial charge in [0, 0.05) is 6.42 Å². The molecule has 0 aromatic heterocycles. The monoisotopic (exact) mass is 330 g/mol. The van der Waals surface area contributed by atoms with E-state index in [0.717, 1.165) is 0 Å². The van der Waals surface area contributed by atoms with Crippen LogP contribution in [-0.4, -0.2) is 49.3 Å². The molecule has 0 aromatic rings. The van der Waals surface area contributed by atoms with E-state index in [0.29, 0.717) is 0 Å². The molecule has 1 aliphatic rings. The minimum Gasteiger partial charge on any atom is -0.460 e. The maximum absolute atomic E-state index is 12.7. The molecular weight excluding hydrogens is 322 g/mol. The topological polar surface area (TPSA) is 133 Å². The van der Waals surface area contributed by atoms with Crippen LogP contribution in [0.1, 0.15) is 6.42 Å². The average molecular weight is 330 g/mol. The third kappa shape index (κ3) is 4.19. The SMILES string of the molecule is O=C(COC(=O)C(F)(F)S(=O)(=O)O)OC1=CCCOC1=O. The molecule has 0 fully saturated rings. The zero-order valence-electron chi connectivity index (χ0n) is 10.1. The van der Waals surface area contributed by atoms with Gasteiger partial charge in [-0.25, -0.2) is 14.4 Å². The number of halogens is 2. The second-order valence-corrected chi connectivity index (χ2v) is 5.00. The third-order valence-electron chi connectivity index (χ3n) is 1.99. The van der Waals surface area contributed by atoms with E-state index < -0.39 is 45.6 Å². The predicted molar refractivity (Wildman–Crippen MR) is 57.2 cm³/mol. The van der Waals surface area contributed by atoms with Crippen LogP contribution in [0, 0.1) is 0 Å². The molecule has 1 heterocycles. The summed E-state index contributed by atoms with van der Waals surface area (Å²) < 4.78 is 66.6. The van der Waals surface area contributed by atoms with E-state index in [4.69, 9.17) is 4.55 Å². The highest BCUT2D eigenvalue weighted by Crippen LogP contribution is 2.22. The molecule has 0 saturated heterocycles. The molecular formula is C9H8F2O9S. The van der Waals surface area contributed by atoms with Gasteiger partial charge in [-0.1, -0.05) is 0 Å². The van der Waals surface area contributed by atoms with E-state index in [1.807, 2.05) is 0 Å². The summed E-state index contributed by atoms with van der Waals surface area (Å²) in [5.74, 6) is -5.56. The molecule has 118 valence electrons. The summed E-state index contributed by atoms with van der Waals surface area (Å²) in [6, 6.07) is 0. The Labute approximate surface area is 116 Å². The summed E-state index contributed by atoms with van der Waals surface area (Å²) in [5, 5.41) is -5.23. The van der Waals surface area contributed by atoms with Crippen molar-refractivity contribution in [3.8, 4) is 0 Å². The first kappa shape index (κ1) is 17.0. The van der Waals surface area contributed by atoms with Crippen molar-refractivity contribution in [2.45, 2.75) is 11.7 Å². The molecule has 0 bridgehead atoms. The number of esters is 3. The van der Waals surface area contributed by atoms with Crippen molar-refractivity contribution in [1.29, 1.82) is 0 Å². The van der Waals surface area contributed by atoms with Crippen LogP contribution in [0.5, 0.6) is 0 Å². The second kappa shape index (κ2) is 6.13. The van der Waals surface area contributed by atoms with Gasteiger partial charge in [0.1, 0.15) is 0 Å². The van der Waals surface area contributed by atoms with Crippen molar-refractivity contribution < 1.29 is 50.3 Å². The molecule has 0 saturated carbocycles. The van der Waals surface area contributed by atoms with Crippen molar-refractivity contribution in [1.82, 2.24) is 0 Å². The highest BCUT2D eigenvalue weighted by molar-refractivity contribution is 7.87. The number of alkyl halides is 2. The first-order chi connectivity index (χ1) is 9.55. The molecule has 1 N–H and O–H groups in total. The van der Waals surface area contributed by atoms with Crippen LogP contribution in [0.15, 0.2) is 11.8 Å². The Morgan fingerprint density at radius 3 is 2.57 bits per heavy atom. The van der Waals surface area contributed by atoms with Crippen molar-refractivity contribution in [3.05, 3.63) is 11.8 Å². The van der Waals surface area contributed by atoms with Crippen LogP contribution in [0.2, 0.25) is 0 Å². The highest BCUT2D eigenvalue weighted by atomic mass is 32.2. The van der Waals surface area contributed by atoms with Crippen LogP contribution in [0.25, 0.3) is 0 Å². The fourth-order valence-electron chi connectivity index (χ4n) is 1.05. The molecule has 9 nitrogen and oxygen atoms in total. The van der Waals surface area contributed by atoms with Gasteiger partial charge in [-0.15, -0.1) is 0 Å². The summed E-state index contributed by atoms with van der Waals surface area (Å²) in [6.45, 7) is -1.32. The van der Waals surface area contributed by atoms with Crippen molar-refractivity contribution >= 4 is 28.0 Å². The fourth-order valence-corrected chi connectivity index (χ4v) is 1.31. The van der Waals surface area contributed by atoms with Crippen LogP contribution >= 0.6 is 0 Å². The van der Waals surface area contributed by atoms with E-state index in [2.05, 4.69) is 14.2 Å². The van der Waals surface area contributed by atoms with Gasteiger partial charge in [0.25, 0.3) is 0 Å². The average Bonchev–Trinajstić information content (AvgIpc) is 2.37. The molecule has 1 rings (SSSR count). The minimum atomic E-state index is -6.03. The lowest BCUT2D eigenvalue weighted by Gasteiger charge is -2.14. The lowest BCUT2D eigenvalue weighted by Crippen LogP contribution is -2.39. The van der Waals surface area contributed by atoms with E-state index in [9.17, 15) is 31.6 Å². The maximum atomic E-state index is 12.7. The largest absolute Gasteiger partial charge is 0.465 e. The maximum Gasteiger partial charge on any atom is 0.465 e. The van der Waals surface area contributed by atoms with Crippen LogP contribution < -0.4 is 0 Å². The molecule has 0 aliphatic carbocycles. The van der Waals surface area contributed by atoms with Crippen molar-refractivity contribution in [2.75, 3.05) is 13.2 Å². The Balaban J connectivity index is 2.56. The van der Waals surface area contributed by atoms with Crippen molar-refractivity contribution in [2.24, 2.45) is 0 Å². The molecule has 0 radical (unpaired) electrons. The lowest BCUT2D eigenvalue weighted by atomic mass is 10.3. The molecule has 0 atom stereocenters. The summed E-state index contributed by atoms with van der Waals surface area (Å²) in [7, 11) is -6.03. The predicted octanol–water partition coefficient (Wildman–Crippen LogP) is -0.616. The Hall–Kier alpha value is -2.08. The standard InChI is InChI=1S/C9H8F2O9S/c10-9(11,21(15,16)17)8(14)19-4-6(12)20-5-2-1-3-18-7(5)13/h2H,1,3-4H2,(H,15,16,17). The smallest absolute Gasteiger partial charge is 0.460 e. The Morgan fingerprint density at radius 1 is 1.43 bits per heavy atom. The Kier molecular flexibility index (Phi) is 4.96. The zero-order valence-corrected chi connectivity index (χ0v) is 10.9. The molecule has 0 aromatic carbocycles. The van der Waals surface area contributed by atoms with E-state index >= 15 is 0 Å². The van der Waals surface area contributed by atoms with Crippen molar-refractivity contribution in [3.63, 3.8) is 0 Å². The first-order valence-corrected chi connectivity index (χ1v) is 6.59. The Morgan fingerprint density at radius 2 is 2.05 bits per heavy atom. The second-order valence-electron chi connectivity index (χ2n) is 3.54. The number of hydrogen-bond acceptors (Lipinski definition) is 8. The summed E-state index contributed by atoms with van der Waals surface area (Å²) in [4.78, 5) is 32.9. The number of hydrogen-bond donors (Lipinski definition) is 1. The van der Waals surface area contributed by atoms with E-state index in [1.165, 1.54) is 6.08 Å². The van der Waals surface area contributed by atoms with Gasteiger partial charge in [-0.2, -0.15) is 17.2 Å². The van der Waals surface area contributed by atoms with Gasteiger partial charge in [-0.05, 0) is 6.08 Å². The Bertz CT molecular complexity index is 592. The molecule has 1 aliphatic heterocycles. The number of ether oxygens (including phenoxy) is 3. The van der Waals surface area contributed by atoms with Crippen LogP contribution in [0.3, 0.4) is 0 Å². The van der Waals surface area contributed by atoms with Crippen LogP contribution in [-0.2, 0) is 38.7 Å². The van der Waals surface area contributed by atoms with Crippen LogP contribution in [0.4, 0.5) is 8.78 Å². The van der Waals surface area contributed by atoms with Gasteiger partial charge in [0.05, 0.1) is 6.61 Å². The zero-order chi connectivity index (χ0) is 16.3. The van der Waals surface area contributed by atoms with Gasteiger partial charge in [-0.3, -0.25) is 4.55 Å². The molecule has 0 spiro atoms. The number of rotatable bonds is 5. The van der Waals surface area contributed by atoms with Gasteiger partial charge < -0.3 is 14.2 Å². The fraction of sp³-hybridized carbons (Fsp3) is 0.444. The molecule has 12 heteroatoms. The number of cyclic esters (lactones) is 1. The van der Waals surface area contributed by atoms with E-state index in [1.54, 1.807) is 0 Å². The first-order valence-electron chi connectivity index (χ1n) is 5.15. The molecule has 0 amide bonds. The summed E-state index contributed by atoms with van der Waals surface area (Å²) in [6.07, 6.45) is 1.45. The highest BCUT2D eigenvalue weighted by Gasteiger charge is 2.54. The molecule has 21 heavy (non-hydrogen) atoms. The van der Waals surface area contributed by atoms with Gasteiger partial charge in [0.2, 0.25) is 5.76 Å². The third-order valence-corrected chi connectivity index (χ3v) is 2.80. The quantitative estimate of drug-likeness (QED) is 0.398. The summed E-state index contributed by atoms with van der Waals surface area (Å²) >= 11 is 0. The molecule has 0 unspecified atom stereocenters. The number of carbonyl (C=O) groups excluding carboxylic acids is 3. The normalized spacial score (nSPS) is 15.8. The van der Waals surface area contributed by atoms with E-state index in [-0.39, 0.29) is 13.0 Å². The minimum absolute atomic E-state index is 0.0788.